The fourth-order valence-electron chi connectivity index (χ4n) is 2.65. The number of aryl methyl sites for hydroxylation is 1. The van der Waals surface area contributed by atoms with Crippen molar-refractivity contribution >= 4 is 0 Å². The van der Waals surface area contributed by atoms with Crippen molar-refractivity contribution in [2.45, 2.75) is 31.9 Å². The van der Waals surface area contributed by atoms with E-state index in [1.807, 2.05) is 19.1 Å². The van der Waals surface area contributed by atoms with Crippen molar-refractivity contribution in [3.8, 4) is 0 Å². The monoisotopic (exact) mass is 268 g/mol. The van der Waals surface area contributed by atoms with Crippen LogP contribution in [0.1, 0.15) is 30.4 Å². The van der Waals surface area contributed by atoms with Crippen LogP contribution >= 0.6 is 0 Å². The Morgan fingerprint density at radius 2 is 2.21 bits per heavy atom. The first kappa shape index (κ1) is 14.5. The number of rotatable bonds is 6. The predicted molar refractivity (Wildman–Crippen MR) is 72.9 cm³/mol. The van der Waals surface area contributed by atoms with E-state index in [-0.39, 0.29) is 18.8 Å². The Bertz CT molecular complexity index is 373. The van der Waals surface area contributed by atoms with E-state index in [9.17, 15) is 0 Å². The standard InChI is InChI=1S/C14H24N2O3/c1-11-2-3-14(19-11)13(10-15)16-6-4-12(5-7-16)18-9-8-17/h2-3,12-13,17H,4-10,15H2,1H3. The molecule has 0 amide bonds. The molecule has 1 aromatic rings. The lowest BCUT2D eigenvalue weighted by Gasteiger charge is -2.36. The molecule has 19 heavy (non-hydrogen) atoms. The maximum Gasteiger partial charge on any atom is 0.122 e. The number of aliphatic hydroxyl groups excluding tert-OH is 1. The number of ether oxygens (including phenoxy) is 1. The Labute approximate surface area is 114 Å². The zero-order chi connectivity index (χ0) is 13.7. The third kappa shape index (κ3) is 3.79. The lowest BCUT2D eigenvalue weighted by Crippen LogP contribution is -2.42. The highest BCUT2D eigenvalue weighted by Gasteiger charge is 2.27. The Balaban J connectivity index is 1.88. The normalized spacial score (nSPS) is 19.7. The second kappa shape index (κ2) is 7.05. The van der Waals surface area contributed by atoms with E-state index >= 15 is 0 Å². The molecule has 108 valence electrons. The van der Waals surface area contributed by atoms with Crippen LogP contribution in [0.4, 0.5) is 0 Å². The van der Waals surface area contributed by atoms with E-state index in [1.165, 1.54) is 0 Å². The second-order valence-electron chi connectivity index (χ2n) is 5.03. The van der Waals surface area contributed by atoms with E-state index < -0.39 is 0 Å². The highest BCUT2D eigenvalue weighted by Crippen LogP contribution is 2.26. The van der Waals surface area contributed by atoms with Gasteiger partial charge in [0.05, 0.1) is 25.4 Å². The molecule has 0 radical (unpaired) electrons. The minimum Gasteiger partial charge on any atom is -0.465 e. The SMILES string of the molecule is Cc1ccc(C(CN)N2CCC(OCCO)CC2)o1. The average molecular weight is 268 g/mol. The molecule has 0 aromatic carbocycles. The third-order valence-corrected chi connectivity index (χ3v) is 3.68. The van der Waals surface area contributed by atoms with Gasteiger partial charge in [-0.15, -0.1) is 0 Å². The van der Waals surface area contributed by atoms with Gasteiger partial charge in [-0.25, -0.2) is 0 Å². The zero-order valence-corrected chi connectivity index (χ0v) is 11.5. The molecule has 5 heteroatoms. The van der Waals surface area contributed by atoms with Crippen molar-refractivity contribution in [2.24, 2.45) is 5.73 Å². The summed E-state index contributed by atoms with van der Waals surface area (Å²) in [5.41, 5.74) is 5.89. The van der Waals surface area contributed by atoms with Crippen LogP contribution in [0, 0.1) is 6.92 Å². The number of hydrogen-bond donors (Lipinski definition) is 2. The molecule has 2 heterocycles. The molecule has 1 saturated heterocycles. The van der Waals surface area contributed by atoms with Gasteiger partial charge in [-0.05, 0) is 31.9 Å². The van der Waals surface area contributed by atoms with Crippen molar-refractivity contribution < 1.29 is 14.3 Å². The molecular weight excluding hydrogens is 244 g/mol. The maximum absolute atomic E-state index is 8.76. The number of likely N-dealkylation sites (tertiary alicyclic amines) is 1. The van der Waals surface area contributed by atoms with Gasteiger partial charge >= 0.3 is 0 Å². The van der Waals surface area contributed by atoms with E-state index in [2.05, 4.69) is 4.90 Å². The molecule has 5 nitrogen and oxygen atoms in total. The lowest BCUT2D eigenvalue weighted by atomic mass is 10.0. The summed E-state index contributed by atoms with van der Waals surface area (Å²) in [6, 6.07) is 4.16. The van der Waals surface area contributed by atoms with E-state index in [0.717, 1.165) is 37.5 Å². The van der Waals surface area contributed by atoms with Gasteiger partial charge in [0.15, 0.2) is 0 Å². The fourth-order valence-corrected chi connectivity index (χ4v) is 2.65. The van der Waals surface area contributed by atoms with E-state index in [4.69, 9.17) is 20.0 Å². The van der Waals surface area contributed by atoms with Crippen molar-refractivity contribution in [1.29, 1.82) is 0 Å². The number of nitrogens with zero attached hydrogens (tertiary/aromatic N) is 1. The minimum absolute atomic E-state index is 0.0946. The lowest BCUT2D eigenvalue weighted by molar-refractivity contribution is -0.0165. The molecule has 1 fully saturated rings. The molecule has 1 aliphatic rings. The first-order valence-electron chi connectivity index (χ1n) is 6.97. The van der Waals surface area contributed by atoms with E-state index in [1.54, 1.807) is 0 Å². The highest BCUT2D eigenvalue weighted by molar-refractivity contribution is 5.10. The van der Waals surface area contributed by atoms with Crippen molar-refractivity contribution in [3.05, 3.63) is 23.7 Å². The summed E-state index contributed by atoms with van der Waals surface area (Å²) < 4.78 is 11.3. The maximum atomic E-state index is 8.76. The molecule has 1 aromatic heterocycles. The topological polar surface area (TPSA) is 71.9 Å². The van der Waals surface area contributed by atoms with Crippen LogP contribution in [-0.2, 0) is 4.74 Å². The molecule has 0 aliphatic carbocycles. The zero-order valence-electron chi connectivity index (χ0n) is 11.5. The summed E-state index contributed by atoms with van der Waals surface area (Å²) in [6.07, 6.45) is 2.23. The average Bonchev–Trinajstić information content (AvgIpc) is 2.85. The number of furan rings is 1. The van der Waals surface area contributed by atoms with E-state index in [0.29, 0.717) is 13.2 Å². The number of piperidine rings is 1. The summed E-state index contributed by atoms with van der Waals surface area (Å²) in [5.74, 6) is 1.88. The molecule has 1 atom stereocenters. The molecule has 3 N–H and O–H groups in total. The van der Waals surface area contributed by atoms with Crippen LogP contribution in [0.3, 0.4) is 0 Å². The fraction of sp³-hybridized carbons (Fsp3) is 0.714. The smallest absolute Gasteiger partial charge is 0.122 e. The van der Waals surface area contributed by atoms with Gasteiger partial charge in [-0.2, -0.15) is 0 Å². The number of aliphatic hydroxyl groups is 1. The summed E-state index contributed by atoms with van der Waals surface area (Å²) in [4.78, 5) is 2.36. The molecule has 0 bridgehead atoms. The van der Waals surface area contributed by atoms with Crippen LogP contribution in [0.15, 0.2) is 16.5 Å². The summed E-state index contributed by atoms with van der Waals surface area (Å²) in [5, 5.41) is 8.76. The Kier molecular flexibility index (Phi) is 5.39. The summed E-state index contributed by atoms with van der Waals surface area (Å²) in [6.45, 7) is 4.95. The first-order chi connectivity index (χ1) is 9.24. The van der Waals surface area contributed by atoms with Gasteiger partial charge < -0.3 is 20.0 Å². The Hall–Kier alpha value is -0.880. The molecule has 2 rings (SSSR count). The highest BCUT2D eigenvalue weighted by atomic mass is 16.5. The largest absolute Gasteiger partial charge is 0.465 e. The number of nitrogens with two attached hydrogens (primary N) is 1. The quantitative estimate of drug-likeness (QED) is 0.807. The Morgan fingerprint density at radius 3 is 2.74 bits per heavy atom. The predicted octanol–water partition coefficient (Wildman–Crippen LogP) is 1.06. The minimum atomic E-state index is 0.0946. The molecule has 0 saturated carbocycles. The first-order valence-corrected chi connectivity index (χ1v) is 6.97. The molecular formula is C14H24N2O3. The summed E-state index contributed by atoms with van der Waals surface area (Å²) >= 11 is 0. The van der Waals surface area contributed by atoms with Crippen molar-refractivity contribution in [2.75, 3.05) is 32.8 Å². The van der Waals surface area contributed by atoms with Crippen LogP contribution in [0.2, 0.25) is 0 Å². The van der Waals surface area contributed by atoms with Crippen molar-refractivity contribution in [3.63, 3.8) is 0 Å². The van der Waals surface area contributed by atoms with Crippen LogP contribution in [0.5, 0.6) is 0 Å². The van der Waals surface area contributed by atoms with Gasteiger partial charge in [0.2, 0.25) is 0 Å². The van der Waals surface area contributed by atoms with Crippen LogP contribution in [0.25, 0.3) is 0 Å². The van der Waals surface area contributed by atoms with Gasteiger partial charge in [0, 0.05) is 19.6 Å². The van der Waals surface area contributed by atoms with Gasteiger partial charge in [0.25, 0.3) is 0 Å². The summed E-state index contributed by atoms with van der Waals surface area (Å²) in [7, 11) is 0. The number of hydrogen-bond acceptors (Lipinski definition) is 5. The van der Waals surface area contributed by atoms with Gasteiger partial charge in [0.1, 0.15) is 11.5 Å². The van der Waals surface area contributed by atoms with Gasteiger partial charge in [-0.3, -0.25) is 4.90 Å². The molecule has 1 unspecified atom stereocenters. The van der Waals surface area contributed by atoms with Crippen LogP contribution < -0.4 is 5.73 Å². The van der Waals surface area contributed by atoms with Crippen LogP contribution in [-0.4, -0.2) is 49.0 Å². The third-order valence-electron chi connectivity index (χ3n) is 3.68. The van der Waals surface area contributed by atoms with Gasteiger partial charge in [-0.1, -0.05) is 0 Å². The molecule has 0 spiro atoms. The second-order valence-corrected chi connectivity index (χ2v) is 5.03. The molecule has 1 aliphatic heterocycles. The Morgan fingerprint density at radius 1 is 1.47 bits per heavy atom. The van der Waals surface area contributed by atoms with Crippen molar-refractivity contribution in [1.82, 2.24) is 4.90 Å².